The third kappa shape index (κ3) is 2.50. The lowest BCUT2D eigenvalue weighted by Crippen LogP contribution is -3.14. The van der Waals surface area contributed by atoms with Crippen LogP contribution in [0.25, 0.3) is 0 Å². The van der Waals surface area contributed by atoms with Crippen LogP contribution in [0.15, 0.2) is 12.7 Å². The zero-order valence-corrected chi connectivity index (χ0v) is 6.53. The van der Waals surface area contributed by atoms with Gasteiger partial charge in [-0.2, -0.15) is 0 Å². The topological polar surface area (TPSA) is 16.5 Å². The third-order valence-electron chi connectivity index (χ3n) is 2.01. The lowest BCUT2D eigenvalue weighted by molar-refractivity contribution is -0.901. The van der Waals surface area contributed by atoms with E-state index in [9.17, 15) is 0 Å². The van der Waals surface area contributed by atoms with Gasteiger partial charge in [0, 0.05) is 19.5 Å². The van der Waals surface area contributed by atoms with Crippen LogP contribution in [0, 0.1) is 0 Å². The van der Waals surface area contributed by atoms with Gasteiger partial charge >= 0.3 is 0 Å². The van der Waals surface area contributed by atoms with E-state index in [1.165, 1.54) is 32.7 Å². The van der Waals surface area contributed by atoms with E-state index in [2.05, 4.69) is 11.9 Å². The van der Waals surface area contributed by atoms with Crippen molar-refractivity contribution in [2.24, 2.45) is 0 Å². The molecule has 0 amide bonds. The fourth-order valence-corrected chi connectivity index (χ4v) is 1.34. The molecule has 1 heterocycles. The molecule has 0 atom stereocenters. The number of quaternary nitrogens is 1. The van der Waals surface area contributed by atoms with Gasteiger partial charge in [-0.05, 0) is 0 Å². The Bertz CT molecular complexity index is 95.4. The number of piperazine rings is 1. The molecule has 2 heteroatoms. The quantitative estimate of drug-likeness (QED) is 0.485. The van der Waals surface area contributed by atoms with Gasteiger partial charge in [0.05, 0.1) is 19.6 Å². The second kappa shape index (κ2) is 4.47. The zero-order chi connectivity index (χ0) is 7.23. The molecule has 0 radical (unpaired) electrons. The maximum absolute atomic E-state index is 3.72. The second-order valence-corrected chi connectivity index (χ2v) is 2.83. The van der Waals surface area contributed by atoms with Gasteiger partial charge < -0.3 is 10.2 Å². The second-order valence-electron chi connectivity index (χ2n) is 2.83. The monoisotopic (exact) mass is 141 g/mol. The third-order valence-corrected chi connectivity index (χ3v) is 2.01. The Morgan fingerprint density at radius 1 is 1.40 bits per heavy atom. The van der Waals surface area contributed by atoms with E-state index in [0.717, 1.165) is 6.42 Å². The smallest absolute Gasteiger partial charge is 0.0898 e. The molecule has 0 aromatic rings. The molecule has 1 aliphatic rings. The molecule has 0 aromatic carbocycles. The molecule has 1 aliphatic heterocycles. The molecule has 1 saturated heterocycles. The van der Waals surface area contributed by atoms with Crippen LogP contribution >= 0.6 is 0 Å². The standard InChI is InChI=1S/C8H16N2/c1-2-3-6-10-7-4-9-5-8-10/h2,9H,1,3-8H2/p+1. The molecule has 2 nitrogen and oxygen atoms in total. The Morgan fingerprint density at radius 3 is 2.70 bits per heavy atom. The Kier molecular flexibility index (Phi) is 3.47. The van der Waals surface area contributed by atoms with Crippen molar-refractivity contribution in [2.45, 2.75) is 6.42 Å². The van der Waals surface area contributed by atoms with Gasteiger partial charge in [-0.3, -0.25) is 0 Å². The van der Waals surface area contributed by atoms with Gasteiger partial charge in [-0.1, -0.05) is 6.08 Å². The number of hydrogen-bond acceptors (Lipinski definition) is 1. The van der Waals surface area contributed by atoms with E-state index in [0.29, 0.717) is 0 Å². The average molecular weight is 141 g/mol. The fraction of sp³-hybridized carbons (Fsp3) is 0.750. The van der Waals surface area contributed by atoms with E-state index in [-0.39, 0.29) is 0 Å². The number of nitrogens with one attached hydrogen (secondary N) is 2. The Morgan fingerprint density at radius 2 is 2.10 bits per heavy atom. The van der Waals surface area contributed by atoms with Gasteiger partial charge in [-0.15, -0.1) is 6.58 Å². The highest BCUT2D eigenvalue weighted by Gasteiger charge is 2.10. The van der Waals surface area contributed by atoms with Crippen LogP contribution in [0.5, 0.6) is 0 Å². The predicted octanol–water partition coefficient (Wildman–Crippen LogP) is -0.949. The molecule has 0 aromatic heterocycles. The van der Waals surface area contributed by atoms with Crippen LogP contribution < -0.4 is 10.2 Å². The molecular weight excluding hydrogens is 124 g/mol. The zero-order valence-electron chi connectivity index (χ0n) is 6.53. The summed E-state index contributed by atoms with van der Waals surface area (Å²) in [5.41, 5.74) is 0. The summed E-state index contributed by atoms with van der Waals surface area (Å²) in [6.07, 6.45) is 3.17. The summed E-state index contributed by atoms with van der Waals surface area (Å²) >= 11 is 0. The summed E-state index contributed by atoms with van der Waals surface area (Å²) in [6.45, 7) is 9.93. The largest absolute Gasteiger partial charge is 0.333 e. The lowest BCUT2D eigenvalue weighted by Gasteiger charge is -2.23. The van der Waals surface area contributed by atoms with Crippen LogP contribution in [0.1, 0.15) is 6.42 Å². The minimum atomic E-state index is 1.16. The fourth-order valence-electron chi connectivity index (χ4n) is 1.34. The highest BCUT2D eigenvalue weighted by Crippen LogP contribution is 1.72. The SMILES string of the molecule is C=CCC[NH+]1CCNCC1. The van der Waals surface area contributed by atoms with Crippen LogP contribution in [0.3, 0.4) is 0 Å². The first kappa shape index (κ1) is 7.76. The van der Waals surface area contributed by atoms with Gasteiger partial charge in [0.1, 0.15) is 0 Å². The summed E-state index contributed by atoms with van der Waals surface area (Å²) in [5, 5.41) is 3.34. The van der Waals surface area contributed by atoms with Crippen molar-refractivity contribution in [3.8, 4) is 0 Å². The molecule has 58 valence electrons. The van der Waals surface area contributed by atoms with Crippen molar-refractivity contribution in [3.63, 3.8) is 0 Å². The number of rotatable bonds is 3. The molecule has 1 rings (SSSR count). The van der Waals surface area contributed by atoms with E-state index in [1.807, 2.05) is 6.08 Å². The highest BCUT2D eigenvalue weighted by atomic mass is 15.2. The summed E-state index contributed by atoms with van der Waals surface area (Å²) in [7, 11) is 0. The van der Waals surface area contributed by atoms with Crippen molar-refractivity contribution in [1.82, 2.24) is 5.32 Å². The summed E-state index contributed by atoms with van der Waals surface area (Å²) in [6, 6.07) is 0. The Labute approximate surface area is 62.9 Å². The van der Waals surface area contributed by atoms with Crippen molar-refractivity contribution < 1.29 is 4.90 Å². The first-order chi connectivity index (χ1) is 4.93. The summed E-state index contributed by atoms with van der Waals surface area (Å²) in [5.74, 6) is 0. The van der Waals surface area contributed by atoms with E-state index >= 15 is 0 Å². The van der Waals surface area contributed by atoms with Gasteiger partial charge in [-0.25, -0.2) is 0 Å². The van der Waals surface area contributed by atoms with Crippen LogP contribution in [0.2, 0.25) is 0 Å². The molecule has 1 fully saturated rings. The number of hydrogen-bond donors (Lipinski definition) is 2. The lowest BCUT2D eigenvalue weighted by atomic mass is 10.3. The Balaban J connectivity index is 2.07. The van der Waals surface area contributed by atoms with E-state index in [4.69, 9.17) is 0 Å². The normalized spacial score (nSPS) is 20.8. The predicted molar refractivity (Wildman–Crippen MR) is 43.2 cm³/mol. The molecule has 2 N–H and O–H groups in total. The first-order valence-electron chi connectivity index (χ1n) is 4.08. The van der Waals surface area contributed by atoms with Crippen molar-refractivity contribution >= 4 is 0 Å². The minimum absolute atomic E-state index is 1.16. The first-order valence-corrected chi connectivity index (χ1v) is 4.08. The van der Waals surface area contributed by atoms with Gasteiger partial charge in [0.2, 0.25) is 0 Å². The van der Waals surface area contributed by atoms with Crippen LogP contribution in [-0.4, -0.2) is 32.7 Å². The highest BCUT2D eigenvalue weighted by molar-refractivity contribution is 4.64. The molecule has 10 heavy (non-hydrogen) atoms. The average Bonchev–Trinajstić information content (AvgIpc) is 2.03. The summed E-state index contributed by atoms with van der Waals surface area (Å²) < 4.78 is 0. The van der Waals surface area contributed by atoms with Crippen molar-refractivity contribution in [1.29, 1.82) is 0 Å². The maximum atomic E-state index is 3.72. The molecule has 0 aliphatic carbocycles. The summed E-state index contributed by atoms with van der Waals surface area (Å²) in [4.78, 5) is 1.72. The van der Waals surface area contributed by atoms with Crippen molar-refractivity contribution in [2.75, 3.05) is 32.7 Å². The Hall–Kier alpha value is -0.340. The minimum Gasteiger partial charge on any atom is -0.333 e. The molecule has 0 unspecified atom stereocenters. The van der Waals surface area contributed by atoms with E-state index in [1.54, 1.807) is 4.90 Å². The van der Waals surface area contributed by atoms with Gasteiger partial charge in [0.25, 0.3) is 0 Å². The molecule has 0 bridgehead atoms. The van der Waals surface area contributed by atoms with Crippen LogP contribution in [-0.2, 0) is 0 Å². The van der Waals surface area contributed by atoms with E-state index < -0.39 is 0 Å². The maximum Gasteiger partial charge on any atom is 0.0898 e. The van der Waals surface area contributed by atoms with Crippen LogP contribution in [0.4, 0.5) is 0 Å². The molecule has 0 saturated carbocycles. The van der Waals surface area contributed by atoms with Gasteiger partial charge in [0.15, 0.2) is 0 Å². The molecule has 0 spiro atoms. The van der Waals surface area contributed by atoms with Crippen molar-refractivity contribution in [3.05, 3.63) is 12.7 Å². The molecular formula is C8H17N2+.